The van der Waals surface area contributed by atoms with Crippen LogP contribution in [0.15, 0.2) is 16.6 Å². The summed E-state index contributed by atoms with van der Waals surface area (Å²) in [5.74, 6) is 0.603. The summed E-state index contributed by atoms with van der Waals surface area (Å²) >= 11 is 3.37. The van der Waals surface area contributed by atoms with Gasteiger partial charge in [-0.15, -0.1) is 0 Å². The lowest BCUT2D eigenvalue weighted by Gasteiger charge is -2.16. The Morgan fingerprint density at radius 2 is 2.00 bits per heavy atom. The maximum Gasteiger partial charge on any atom is 0.127 e. The van der Waals surface area contributed by atoms with Gasteiger partial charge in [0.2, 0.25) is 0 Å². The first-order valence-corrected chi connectivity index (χ1v) is 7.15. The first kappa shape index (κ1) is 17.4. The minimum atomic E-state index is -0.721. The summed E-state index contributed by atoms with van der Waals surface area (Å²) in [6.45, 7) is 3.01. The van der Waals surface area contributed by atoms with Crippen molar-refractivity contribution in [1.29, 1.82) is 0 Å². The fourth-order valence-electron chi connectivity index (χ4n) is 1.71. The van der Waals surface area contributed by atoms with Crippen LogP contribution in [0.2, 0.25) is 0 Å². The molecule has 2 N–H and O–H groups in total. The van der Waals surface area contributed by atoms with Gasteiger partial charge in [-0.2, -0.15) is 0 Å². The molecule has 114 valence electrons. The summed E-state index contributed by atoms with van der Waals surface area (Å²) in [4.78, 5) is 0. The molecule has 0 aliphatic carbocycles. The number of methoxy groups -OCH3 is 1. The van der Waals surface area contributed by atoms with Crippen molar-refractivity contribution in [3.05, 3.63) is 27.7 Å². The highest BCUT2D eigenvalue weighted by Gasteiger charge is 2.11. The van der Waals surface area contributed by atoms with E-state index in [-0.39, 0.29) is 19.8 Å². The molecule has 0 bridgehead atoms. The number of hydrogen-bond donors (Lipinski definition) is 2. The van der Waals surface area contributed by atoms with E-state index < -0.39 is 6.10 Å². The molecule has 1 rings (SSSR count). The normalized spacial score (nSPS) is 12.4. The van der Waals surface area contributed by atoms with E-state index >= 15 is 0 Å². The van der Waals surface area contributed by atoms with Gasteiger partial charge in [0.05, 0.1) is 26.4 Å². The van der Waals surface area contributed by atoms with Crippen molar-refractivity contribution in [2.24, 2.45) is 0 Å². The molecule has 1 aromatic carbocycles. The molecule has 0 saturated carbocycles. The van der Waals surface area contributed by atoms with E-state index in [0.717, 1.165) is 10.0 Å². The number of benzene rings is 1. The van der Waals surface area contributed by atoms with Crippen LogP contribution in [0.25, 0.3) is 0 Å². The van der Waals surface area contributed by atoms with E-state index in [1.54, 1.807) is 13.2 Å². The SMILES string of the molecule is COCCOCC(O)COc1c(C)cc(Br)cc1CO. The van der Waals surface area contributed by atoms with E-state index in [1.165, 1.54) is 0 Å². The molecular formula is C14H21BrO5. The van der Waals surface area contributed by atoms with Gasteiger partial charge in [0, 0.05) is 17.1 Å². The summed E-state index contributed by atoms with van der Waals surface area (Å²) in [6, 6.07) is 3.69. The van der Waals surface area contributed by atoms with E-state index in [4.69, 9.17) is 14.2 Å². The molecule has 0 heterocycles. The standard InChI is InChI=1S/C14H21BrO5/c1-10-5-12(15)6-11(7-16)14(10)20-9-13(17)8-19-4-3-18-2/h5-6,13,16-17H,3-4,7-9H2,1-2H3. The number of rotatable bonds is 9. The molecule has 0 saturated heterocycles. The van der Waals surface area contributed by atoms with E-state index in [1.807, 2.05) is 13.0 Å². The van der Waals surface area contributed by atoms with Crippen LogP contribution in [0.5, 0.6) is 5.75 Å². The number of hydrogen-bond acceptors (Lipinski definition) is 5. The zero-order valence-corrected chi connectivity index (χ0v) is 13.4. The average Bonchev–Trinajstić information content (AvgIpc) is 2.41. The lowest BCUT2D eigenvalue weighted by atomic mass is 10.1. The maximum atomic E-state index is 9.76. The first-order chi connectivity index (χ1) is 9.58. The summed E-state index contributed by atoms with van der Waals surface area (Å²) < 4.78 is 16.5. The van der Waals surface area contributed by atoms with Gasteiger partial charge in [-0.1, -0.05) is 15.9 Å². The molecule has 0 fully saturated rings. The van der Waals surface area contributed by atoms with Gasteiger partial charge in [-0.25, -0.2) is 0 Å². The lowest BCUT2D eigenvalue weighted by Crippen LogP contribution is -2.24. The molecule has 0 spiro atoms. The summed E-state index contributed by atoms with van der Waals surface area (Å²) in [7, 11) is 1.59. The van der Waals surface area contributed by atoms with Crippen LogP contribution >= 0.6 is 15.9 Å². The van der Waals surface area contributed by atoms with Gasteiger partial charge in [0.1, 0.15) is 18.5 Å². The third kappa shape index (κ3) is 5.76. The zero-order chi connectivity index (χ0) is 15.0. The molecule has 1 aromatic rings. The number of ether oxygens (including phenoxy) is 3. The Morgan fingerprint density at radius 1 is 1.25 bits per heavy atom. The Bertz CT molecular complexity index is 411. The van der Waals surface area contributed by atoms with Gasteiger partial charge in [-0.3, -0.25) is 0 Å². The molecular weight excluding hydrogens is 328 g/mol. The van der Waals surface area contributed by atoms with Crippen molar-refractivity contribution in [2.75, 3.05) is 33.5 Å². The van der Waals surface area contributed by atoms with Gasteiger partial charge in [0.15, 0.2) is 0 Å². The molecule has 1 unspecified atom stereocenters. The minimum Gasteiger partial charge on any atom is -0.490 e. The van der Waals surface area contributed by atoms with E-state index in [2.05, 4.69) is 15.9 Å². The Kier molecular flexibility index (Phi) is 8.09. The summed E-state index contributed by atoms with van der Waals surface area (Å²) in [5, 5.41) is 19.1. The van der Waals surface area contributed by atoms with Crippen LogP contribution in [0, 0.1) is 6.92 Å². The first-order valence-electron chi connectivity index (χ1n) is 6.36. The third-order valence-electron chi connectivity index (χ3n) is 2.65. The van der Waals surface area contributed by atoms with E-state index in [9.17, 15) is 10.2 Å². The van der Waals surface area contributed by atoms with Gasteiger partial charge in [-0.05, 0) is 24.6 Å². The molecule has 5 nitrogen and oxygen atoms in total. The molecule has 1 atom stereocenters. The molecule has 0 radical (unpaired) electrons. The van der Waals surface area contributed by atoms with Crippen molar-refractivity contribution in [1.82, 2.24) is 0 Å². The van der Waals surface area contributed by atoms with Crippen LogP contribution < -0.4 is 4.74 Å². The number of halogens is 1. The molecule has 0 aromatic heterocycles. The Balaban J connectivity index is 2.48. The van der Waals surface area contributed by atoms with Crippen molar-refractivity contribution < 1.29 is 24.4 Å². The topological polar surface area (TPSA) is 68.2 Å². The van der Waals surface area contributed by atoms with Crippen molar-refractivity contribution in [3.63, 3.8) is 0 Å². The monoisotopic (exact) mass is 348 g/mol. The molecule has 0 amide bonds. The second-order valence-electron chi connectivity index (χ2n) is 4.40. The predicted molar refractivity (Wildman–Crippen MR) is 79.0 cm³/mol. The summed E-state index contributed by atoms with van der Waals surface area (Å²) in [5.41, 5.74) is 1.58. The smallest absolute Gasteiger partial charge is 0.127 e. The zero-order valence-electron chi connectivity index (χ0n) is 11.8. The molecule has 0 aliphatic rings. The van der Waals surface area contributed by atoms with Crippen LogP contribution in [0.1, 0.15) is 11.1 Å². The number of aryl methyl sites for hydroxylation is 1. The van der Waals surface area contributed by atoms with Gasteiger partial charge in [0.25, 0.3) is 0 Å². The minimum absolute atomic E-state index is 0.114. The maximum absolute atomic E-state index is 9.76. The summed E-state index contributed by atoms with van der Waals surface area (Å²) in [6.07, 6.45) is -0.721. The highest BCUT2D eigenvalue weighted by molar-refractivity contribution is 9.10. The largest absolute Gasteiger partial charge is 0.490 e. The average molecular weight is 349 g/mol. The van der Waals surface area contributed by atoms with Crippen LogP contribution in [-0.2, 0) is 16.1 Å². The molecule has 20 heavy (non-hydrogen) atoms. The van der Waals surface area contributed by atoms with Crippen molar-refractivity contribution >= 4 is 15.9 Å². The number of aliphatic hydroxyl groups is 2. The molecule has 0 aliphatic heterocycles. The predicted octanol–water partition coefficient (Wildman–Crippen LogP) is 1.65. The molecule has 6 heteroatoms. The lowest BCUT2D eigenvalue weighted by molar-refractivity contribution is -0.00454. The Hall–Kier alpha value is -0.660. The quantitative estimate of drug-likeness (QED) is 0.664. The van der Waals surface area contributed by atoms with Crippen LogP contribution in [-0.4, -0.2) is 49.9 Å². The van der Waals surface area contributed by atoms with Crippen LogP contribution in [0.4, 0.5) is 0 Å². The number of aliphatic hydroxyl groups excluding tert-OH is 2. The fourth-order valence-corrected chi connectivity index (χ4v) is 2.33. The van der Waals surface area contributed by atoms with Crippen molar-refractivity contribution in [3.8, 4) is 5.75 Å². The van der Waals surface area contributed by atoms with E-state index in [0.29, 0.717) is 24.5 Å². The van der Waals surface area contributed by atoms with Gasteiger partial charge < -0.3 is 24.4 Å². The highest BCUT2D eigenvalue weighted by atomic mass is 79.9. The third-order valence-corrected chi connectivity index (χ3v) is 3.11. The second kappa shape index (κ2) is 9.31. The highest BCUT2D eigenvalue weighted by Crippen LogP contribution is 2.28. The van der Waals surface area contributed by atoms with Gasteiger partial charge >= 0.3 is 0 Å². The second-order valence-corrected chi connectivity index (χ2v) is 5.32. The Morgan fingerprint density at radius 3 is 2.65 bits per heavy atom. The van der Waals surface area contributed by atoms with Crippen LogP contribution in [0.3, 0.4) is 0 Å². The Labute approximate surface area is 127 Å². The fraction of sp³-hybridized carbons (Fsp3) is 0.571. The van der Waals surface area contributed by atoms with Crippen molar-refractivity contribution in [2.45, 2.75) is 19.6 Å².